The number of nitrogens with one attached hydrogen (secondary N) is 1. The lowest BCUT2D eigenvalue weighted by atomic mass is 10.2. The zero-order valence-corrected chi connectivity index (χ0v) is 4.65. The molecule has 1 heterocycles. The number of nitrogens with zero attached hydrogens (tertiary/aromatic N) is 1. The van der Waals surface area contributed by atoms with Crippen molar-refractivity contribution in [1.29, 1.82) is 5.26 Å². The summed E-state index contributed by atoms with van der Waals surface area (Å²) in [5.41, 5.74) is -0.0417. The molecule has 2 fully saturated rings. The second kappa shape index (κ2) is 1.06. The van der Waals surface area contributed by atoms with Gasteiger partial charge in [0.2, 0.25) is 0 Å². The lowest BCUT2D eigenvalue weighted by molar-refractivity contribution is 0.669. The molecule has 1 aliphatic heterocycles. The van der Waals surface area contributed by atoms with E-state index in [1.807, 2.05) is 0 Å². The standard InChI is InChI=1S/C6H8N2/c7-4-6-3-5(6)1-2-8-6/h5,8H,1-3H2/t5-,6-/m1/s1. The van der Waals surface area contributed by atoms with Crippen LogP contribution in [0.4, 0.5) is 0 Å². The van der Waals surface area contributed by atoms with E-state index in [1.54, 1.807) is 0 Å². The summed E-state index contributed by atoms with van der Waals surface area (Å²) in [7, 11) is 0. The van der Waals surface area contributed by atoms with Crippen LogP contribution in [0.1, 0.15) is 12.8 Å². The van der Waals surface area contributed by atoms with Gasteiger partial charge in [-0.05, 0) is 25.3 Å². The van der Waals surface area contributed by atoms with Crippen LogP contribution in [0.25, 0.3) is 0 Å². The fraction of sp³-hybridized carbons (Fsp3) is 0.833. The summed E-state index contributed by atoms with van der Waals surface area (Å²) < 4.78 is 0. The van der Waals surface area contributed by atoms with Crippen LogP contribution in [-0.4, -0.2) is 12.1 Å². The van der Waals surface area contributed by atoms with Gasteiger partial charge in [0.15, 0.2) is 0 Å². The van der Waals surface area contributed by atoms with Gasteiger partial charge in [0.25, 0.3) is 0 Å². The van der Waals surface area contributed by atoms with Crippen LogP contribution in [0.15, 0.2) is 0 Å². The molecule has 2 heteroatoms. The van der Waals surface area contributed by atoms with Gasteiger partial charge in [-0.1, -0.05) is 0 Å². The van der Waals surface area contributed by atoms with E-state index in [4.69, 9.17) is 5.26 Å². The van der Waals surface area contributed by atoms with Crippen LogP contribution < -0.4 is 5.32 Å². The molecule has 1 N–H and O–H groups in total. The average molecular weight is 108 g/mol. The Balaban J connectivity index is 2.22. The molecule has 2 aliphatic rings. The van der Waals surface area contributed by atoms with Crippen molar-refractivity contribution in [2.75, 3.05) is 6.54 Å². The van der Waals surface area contributed by atoms with Gasteiger partial charge in [0.05, 0.1) is 6.07 Å². The smallest absolute Gasteiger partial charge is 0.110 e. The maximum atomic E-state index is 8.55. The van der Waals surface area contributed by atoms with Gasteiger partial charge < -0.3 is 0 Å². The summed E-state index contributed by atoms with van der Waals surface area (Å²) in [6.45, 7) is 1.05. The molecule has 42 valence electrons. The third-order valence-corrected chi connectivity index (χ3v) is 2.24. The summed E-state index contributed by atoms with van der Waals surface area (Å²) >= 11 is 0. The molecule has 0 unspecified atom stereocenters. The predicted molar refractivity (Wildman–Crippen MR) is 29.1 cm³/mol. The minimum Gasteiger partial charge on any atom is -0.299 e. The highest BCUT2D eigenvalue weighted by atomic mass is 15.1. The minimum absolute atomic E-state index is 0.0417. The second-order valence-corrected chi connectivity index (χ2v) is 2.70. The normalized spacial score (nSPS) is 50.1. The van der Waals surface area contributed by atoms with Crippen molar-refractivity contribution >= 4 is 0 Å². The molecule has 2 nitrogen and oxygen atoms in total. The zero-order valence-electron chi connectivity index (χ0n) is 4.65. The van der Waals surface area contributed by atoms with E-state index in [2.05, 4.69) is 11.4 Å². The zero-order chi connectivity index (χ0) is 5.61. The van der Waals surface area contributed by atoms with Gasteiger partial charge >= 0.3 is 0 Å². The molecule has 0 aromatic carbocycles. The highest BCUT2D eigenvalue weighted by Gasteiger charge is 2.57. The highest BCUT2D eigenvalue weighted by Crippen LogP contribution is 2.48. The Morgan fingerprint density at radius 3 is 2.88 bits per heavy atom. The molecule has 0 bridgehead atoms. The van der Waals surface area contributed by atoms with E-state index in [9.17, 15) is 0 Å². The molecule has 2 rings (SSSR count). The fourth-order valence-electron chi connectivity index (χ4n) is 1.54. The SMILES string of the molecule is N#C[C@]12C[C@H]1CCN2. The number of hydrogen-bond donors (Lipinski definition) is 1. The molecule has 8 heavy (non-hydrogen) atoms. The highest BCUT2D eigenvalue weighted by molar-refractivity contribution is 5.26. The molecular weight excluding hydrogens is 100 g/mol. The quantitative estimate of drug-likeness (QED) is 0.483. The van der Waals surface area contributed by atoms with Crippen molar-refractivity contribution in [1.82, 2.24) is 5.32 Å². The number of rotatable bonds is 0. The molecule has 0 spiro atoms. The number of hydrogen-bond acceptors (Lipinski definition) is 2. The van der Waals surface area contributed by atoms with E-state index in [0.717, 1.165) is 13.0 Å². The van der Waals surface area contributed by atoms with Crippen LogP contribution in [-0.2, 0) is 0 Å². The summed E-state index contributed by atoms with van der Waals surface area (Å²) in [6.07, 6.45) is 2.32. The predicted octanol–water partition coefficient (Wildman–Crippen LogP) is 0.262. The molecule has 0 aromatic heterocycles. The van der Waals surface area contributed by atoms with Crippen LogP contribution >= 0.6 is 0 Å². The molecular formula is C6H8N2. The Kier molecular flexibility index (Phi) is 0.575. The van der Waals surface area contributed by atoms with Gasteiger partial charge in [0.1, 0.15) is 5.54 Å². The number of nitriles is 1. The Labute approximate surface area is 48.5 Å². The van der Waals surface area contributed by atoms with Gasteiger partial charge in [-0.15, -0.1) is 0 Å². The minimum atomic E-state index is -0.0417. The summed E-state index contributed by atoms with van der Waals surface area (Å²) in [5.74, 6) is 0.701. The average Bonchev–Trinajstić information content (AvgIpc) is 2.38. The lowest BCUT2D eigenvalue weighted by Gasteiger charge is -1.97. The van der Waals surface area contributed by atoms with Gasteiger partial charge in [-0.3, -0.25) is 5.32 Å². The summed E-state index contributed by atoms with van der Waals surface area (Å²) in [6, 6.07) is 2.30. The van der Waals surface area contributed by atoms with E-state index in [1.165, 1.54) is 6.42 Å². The van der Waals surface area contributed by atoms with Crippen LogP contribution in [0.5, 0.6) is 0 Å². The van der Waals surface area contributed by atoms with Gasteiger partial charge in [-0.25, -0.2) is 0 Å². The van der Waals surface area contributed by atoms with Crippen molar-refractivity contribution in [3.05, 3.63) is 0 Å². The van der Waals surface area contributed by atoms with E-state index in [0.29, 0.717) is 5.92 Å². The van der Waals surface area contributed by atoms with E-state index in [-0.39, 0.29) is 5.54 Å². The first-order valence-electron chi connectivity index (χ1n) is 3.04. The molecule has 0 radical (unpaired) electrons. The Hall–Kier alpha value is -0.550. The first-order valence-corrected chi connectivity index (χ1v) is 3.04. The molecule has 0 aromatic rings. The van der Waals surface area contributed by atoms with Gasteiger partial charge in [-0.2, -0.15) is 5.26 Å². The molecule has 0 amide bonds. The van der Waals surface area contributed by atoms with Crippen LogP contribution in [0, 0.1) is 17.2 Å². The van der Waals surface area contributed by atoms with Crippen LogP contribution in [0.2, 0.25) is 0 Å². The van der Waals surface area contributed by atoms with E-state index >= 15 is 0 Å². The topological polar surface area (TPSA) is 35.8 Å². The Morgan fingerprint density at radius 2 is 2.62 bits per heavy atom. The maximum absolute atomic E-state index is 8.55. The summed E-state index contributed by atoms with van der Waals surface area (Å²) in [5, 5.41) is 11.8. The first kappa shape index (κ1) is 4.34. The largest absolute Gasteiger partial charge is 0.299 e. The van der Waals surface area contributed by atoms with Crippen molar-refractivity contribution in [2.24, 2.45) is 5.92 Å². The maximum Gasteiger partial charge on any atom is 0.110 e. The molecule has 1 aliphatic carbocycles. The molecule has 1 saturated carbocycles. The third-order valence-electron chi connectivity index (χ3n) is 2.24. The Bertz CT molecular complexity index is 158. The van der Waals surface area contributed by atoms with Crippen molar-refractivity contribution in [3.8, 4) is 6.07 Å². The van der Waals surface area contributed by atoms with E-state index < -0.39 is 0 Å². The third kappa shape index (κ3) is 0.317. The second-order valence-electron chi connectivity index (χ2n) is 2.70. The van der Waals surface area contributed by atoms with Crippen molar-refractivity contribution < 1.29 is 0 Å². The van der Waals surface area contributed by atoms with Crippen LogP contribution in [0.3, 0.4) is 0 Å². The monoisotopic (exact) mass is 108 g/mol. The summed E-state index contributed by atoms with van der Waals surface area (Å²) in [4.78, 5) is 0. The Morgan fingerprint density at radius 1 is 1.75 bits per heavy atom. The molecule has 1 saturated heterocycles. The van der Waals surface area contributed by atoms with Gasteiger partial charge in [0, 0.05) is 0 Å². The first-order chi connectivity index (χ1) is 3.87. The molecule has 2 atom stereocenters. The fourth-order valence-corrected chi connectivity index (χ4v) is 1.54. The lowest BCUT2D eigenvalue weighted by Crippen LogP contribution is -2.25. The van der Waals surface area contributed by atoms with Crippen molar-refractivity contribution in [3.63, 3.8) is 0 Å². The van der Waals surface area contributed by atoms with Crippen molar-refractivity contribution in [2.45, 2.75) is 18.4 Å². The number of piperidine rings is 1. The number of fused-ring (bicyclic) bond motifs is 1.